The molecule has 0 bridgehead atoms. The van der Waals surface area contributed by atoms with E-state index < -0.39 is 0 Å². The highest BCUT2D eigenvalue weighted by atomic mass is 16.2. The van der Waals surface area contributed by atoms with Crippen molar-refractivity contribution in [2.45, 2.75) is 19.9 Å². The monoisotopic (exact) mass is 334 g/mol. The number of carbonyl (C=O) groups excluding carboxylic acids is 2. The molecule has 4 heteroatoms. The first-order valence-electron chi connectivity index (χ1n) is 8.37. The lowest BCUT2D eigenvalue weighted by atomic mass is 10.1. The predicted molar refractivity (Wildman–Crippen MR) is 98.8 cm³/mol. The summed E-state index contributed by atoms with van der Waals surface area (Å²) in [6.45, 7) is 6.96. The molecule has 0 spiro atoms. The SMILES string of the molecule is C=C1c2ccccc2C(=O)N1CCC(=O)N(C)Cc1ccc(C)cc1. The number of benzene rings is 2. The van der Waals surface area contributed by atoms with Crippen LogP contribution in [0, 0.1) is 6.92 Å². The zero-order chi connectivity index (χ0) is 18.0. The van der Waals surface area contributed by atoms with Crippen LogP contribution >= 0.6 is 0 Å². The molecule has 0 unspecified atom stereocenters. The maximum Gasteiger partial charge on any atom is 0.258 e. The molecule has 2 aromatic rings. The van der Waals surface area contributed by atoms with Gasteiger partial charge in [0.05, 0.1) is 0 Å². The average Bonchev–Trinajstić information content (AvgIpc) is 2.86. The highest BCUT2D eigenvalue weighted by molar-refractivity contribution is 6.08. The molecule has 2 aromatic carbocycles. The second kappa shape index (κ2) is 6.93. The lowest BCUT2D eigenvalue weighted by Crippen LogP contribution is -2.31. The summed E-state index contributed by atoms with van der Waals surface area (Å²) in [6.07, 6.45) is 0.279. The van der Waals surface area contributed by atoms with E-state index in [2.05, 4.69) is 6.58 Å². The Bertz CT molecular complexity index is 789. The van der Waals surface area contributed by atoms with Gasteiger partial charge in [-0.3, -0.25) is 9.59 Å². The van der Waals surface area contributed by atoms with Crippen molar-refractivity contribution >= 4 is 17.5 Å². The Morgan fingerprint density at radius 2 is 1.72 bits per heavy atom. The minimum Gasteiger partial charge on any atom is -0.341 e. The maximum atomic E-state index is 12.5. The number of aryl methyl sites for hydroxylation is 1. The Labute approximate surface area is 148 Å². The molecule has 1 heterocycles. The van der Waals surface area contributed by atoms with Gasteiger partial charge in [-0.2, -0.15) is 0 Å². The standard InChI is InChI=1S/C21H22N2O2/c1-15-8-10-17(11-9-15)14-22(3)20(24)12-13-23-16(2)18-6-4-5-7-19(18)21(23)25/h4-11H,2,12-14H2,1,3H3. The minimum atomic E-state index is -0.0745. The van der Waals surface area contributed by atoms with Crippen LogP contribution in [0.1, 0.15) is 33.5 Å². The number of nitrogens with zero attached hydrogens (tertiary/aromatic N) is 2. The second-order valence-corrected chi connectivity index (χ2v) is 6.43. The molecule has 0 radical (unpaired) electrons. The molecule has 0 saturated carbocycles. The molecular formula is C21H22N2O2. The second-order valence-electron chi connectivity index (χ2n) is 6.43. The molecule has 0 saturated heterocycles. The van der Waals surface area contributed by atoms with Crippen molar-refractivity contribution in [3.8, 4) is 0 Å². The predicted octanol–water partition coefficient (Wildman–Crippen LogP) is 3.47. The third-order valence-electron chi connectivity index (χ3n) is 4.55. The van der Waals surface area contributed by atoms with Crippen molar-refractivity contribution in [3.63, 3.8) is 0 Å². The van der Waals surface area contributed by atoms with Gasteiger partial charge in [-0.25, -0.2) is 0 Å². The van der Waals surface area contributed by atoms with Gasteiger partial charge in [-0.15, -0.1) is 0 Å². The van der Waals surface area contributed by atoms with Crippen LogP contribution in [0.2, 0.25) is 0 Å². The quantitative estimate of drug-likeness (QED) is 0.840. The van der Waals surface area contributed by atoms with Crippen molar-refractivity contribution in [2.75, 3.05) is 13.6 Å². The van der Waals surface area contributed by atoms with Crippen LogP contribution in [0.3, 0.4) is 0 Å². The van der Waals surface area contributed by atoms with Gasteiger partial charge < -0.3 is 9.80 Å². The molecule has 0 aliphatic carbocycles. The van der Waals surface area contributed by atoms with Crippen LogP contribution in [0.15, 0.2) is 55.1 Å². The lowest BCUT2D eigenvalue weighted by molar-refractivity contribution is -0.130. The Morgan fingerprint density at radius 1 is 1.08 bits per heavy atom. The summed E-state index contributed by atoms with van der Waals surface area (Å²) in [5.41, 5.74) is 4.48. The Morgan fingerprint density at radius 3 is 2.36 bits per heavy atom. The van der Waals surface area contributed by atoms with Gasteiger partial charge >= 0.3 is 0 Å². The van der Waals surface area contributed by atoms with Gasteiger partial charge in [0.2, 0.25) is 5.91 Å². The number of rotatable bonds is 5. The normalized spacial score (nSPS) is 13.1. The molecule has 0 fully saturated rings. The van der Waals surface area contributed by atoms with Crippen molar-refractivity contribution in [1.29, 1.82) is 0 Å². The first kappa shape index (κ1) is 17.0. The molecule has 2 amide bonds. The van der Waals surface area contributed by atoms with Crippen LogP contribution in [-0.4, -0.2) is 35.2 Å². The summed E-state index contributed by atoms with van der Waals surface area (Å²) in [7, 11) is 1.79. The highest BCUT2D eigenvalue weighted by Crippen LogP contribution is 2.31. The van der Waals surface area contributed by atoms with Crippen molar-refractivity contribution < 1.29 is 9.59 Å². The molecule has 25 heavy (non-hydrogen) atoms. The summed E-state index contributed by atoms with van der Waals surface area (Å²) in [6, 6.07) is 15.6. The Hall–Kier alpha value is -2.88. The molecule has 4 nitrogen and oxygen atoms in total. The molecule has 0 N–H and O–H groups in total. The topological polar surface area (TPSA) is 40.6 Å². The first-order valence-corrected chi connectivity index (χ1v) is 8.37. The summed E-state index contributed by atoms with van der Waals surface area (Å²) >= 11 is 0. The largest absolute Gasteiger partial charge is 0.341 e. The lowest BCUT2D eigenvalue weighted by Gasteiger charge is -2.21. The summed E-state index contributed by atoms with van der Waals surface area (Å²) < 4.78 is 0. The van der Waals surface area contributed by atoms with Crippen LogP contribution in [-0.2, 0) is 11.3 Å². The van der Waals surface area contributed by atoms with E-state index >= 15 is 0 Å². The van der Waals surface area contributed by atoms with Gasteiger partial charge in [0.25, 0.3) is 5.91 Å². The number of fused-ring (bicyclic) bond motifs is 1. The van der Waals surface area contributed by atoms with Crippen LogP contribution in [0.25, 0.3) is 5.70 Å². The zero-order valence-electron chi connectivity index (χ0n) is 14.7. The van der Waals surface area contributed by atoms with E-state index in [-0.39, 0.29) is 18.2 Å². The third-order valence-corrected chi connectivity index (χ3v) is 4.55. The van der Waals surface area contributed by atoms with E-state index in [1.807, 2.05) is 49.4 Å². The van der Waals surface area contributed by atoms with Gasteiger partial charge in [-0.1, -0.05) is 54.6 Å². The van der Waals surface area contributed by atoms with Crippen molar-refractivity contribution in [3.05, 3.63) is 77.4 Å². The van der Waals surface area contributed by atoms with E-state index in [0.717, 1.165) is 11.1 Å². The van der Waals surface area contributed by atoms with Gasteiger partial charge in [0, 0.05) is 43.4 Å². The first-order chi connectivity index (χ1) is 12.0. The number of amides is 2. The number of carbonyl (C=O) groups is 2. The van der Waals surface area contributed by atoms with Crippen LogP contribution in [0.5, 0.6) is 0 Å². The fourth-order valence-corrected chi connectivity index (χ4v) is 3.02. The van der Waals surface area contributed by atoms with E-state index in [0.29, 0.717) is 24.4 Å². The van der Waals surface area contributed by atoms with E-state index in [1.54, 1.807) is 22.9 Å². The Balaban J connectivity index is 1.58. The van der Waals surface area contributed by atoms with Crippen LogP contribution in [0.4, 0.5) is 0 Å². The summed E-state index contributed by atoms with van der Waals surface area (Å²) in [5.74, 6) is -0.0632. The zero-order valence-corrected chi connectivity index (χ0v) is 14.7. The fraction of sp³-hybridized carbons (Fsp3) is 0.238. The Kier molecular flexibility index (Phi) is 4.70. The van der Waals surface area contributed by atoms with Crippen LogP contribution < -0.4 is 0 Å². The molecular weight excluding hydrogens is 312 g/mol. The van der Waals surface area contributed by atoms with Crippen molar-refractivity contribution in [2.24, 2.45) is 0 Å². The van der Waals surface area contributed by atoms with E-state index in [4.69, 9.17) is 0 Å². The fourth-order valence-electron chi connectivity index (χ4n) is 3.02. The maximum absolute atomic E-state index is 12.5. The van der Waals surface area contributed by atoms with Gasteiger partial charge in [0.1, 0.15) is 0 Å². The molecule has 1 aliphatic heterocycles. The summed E-state index contributed by atoms with van der Waals surface area (Å²) in [5, 5.41) is 0. The molecule has 128 valence electrons. The molecule has 0 atom stereocenters. The van der Waals surface area contributed by atoms with Crippen molar-refractivity contribution in [1.82, 2.24) is 9.80 Å². The minimum absolute atomic E-state index is 0.0112. The number of hydrogen-bond donors (Lipinski definition) is 0. The van der Waals surface area contributed by atoms with E-state index in [9.17, 15) is 9.59 Å². The van der Waals surface area contributed by atoms with Gasteiger partial charge in [-0.05, 0) is 18.6 Å². The van der Waals surface area contributed by atoms with Gasteiger partial charge in [0.15, 0.2) is 0 Å². The number of hydrogen-bond acceptors (Lipinski definition) is 2. The highest BCUT2D eigenvalue weighted by Gasteiger charge is 2.30. The molecule has 1 aliphatic rings. The average molecular weight is 334 g/mol. The van der Waals surface area contributed by atoms with E-state index in [1.165, 1.54) is 5.56 Å². The molecule has 3 rings (SSSR count). The molecule has 0 aromatic heterocycles. The third kappa shape index (κ3) is 3.48. The smallest absolute Gasteiger partial charge is 0.258 e. The summed E-state index contributed by atoms with van der Waals surface area (Å²) in [4.78, 5) is 28.2.